The molecule has 0 bridgehead atoms. The van der Waals surface area contributed by atoms with E-state index in [0.717, 1.165) is 17.8 Å². The average Bonchev–Trinajstić information content (AvgIpc) is 3.29. The van der Waals surface area contributed by atoms with Gasteiger partial charge in [-0.3, -0.25) is 9.69 Å². The number of aliphatic hydroxyl groups is 1. The largest absolute Gasteiger partial charge is 0.395 e. The molecule has 1 amide bonds. The first-order chi connectivity index (χ1) is 12.3. The summed E-state index contributed by atoms with van der Waals surface area (Å²) < 4.78 is 0. The Balaban J connectivity index is 1.67. The van der Waals surface area contributed by atoms with Crippen molar-refractivity contribution in [2.24, 2.45) is 0 Å². The van der Waals surface area contributed by atoms with E-state index in [1.807, 2.05) is 35.7 Å². The third-order valence-corrected chi connectivity index (χ3v) is 6.52. The standard InChI is InChI=1S/C20H24N2O2S/c23-13-16-18(14-7-2-1-3-8-14)19(15-9-4-5-11-22(15)16)21-20(24)17-10-6-12-25-17/h1-3,6-8,10,12,15-16,18-19,23H,4-5,9,11,13H2,(H,21,24)/t15-,16-,18+,19+/m1/s1. The van der Waals surface area contributed by atoms with Crippen molar-refractivity contribution >= 4 is 17.2 Å². The third-order valence-electron chi connectivity index (χ3n) is 5.65. The van der Waals surface area contributed by atoms with Crippen LogP contribution in [0, 0.1) is 0 Å². The molecule has 0 spiro atoms. The van der Waals surface area contributed by atoms with Crippen molar-refractivity contribution in [3.05, 3.63) is 58.3 Å². The fraction of sp³-hybridized carbons (Fsp3) is 0.450. The van der Waals surface area contributed by atoms with E-state index in [0.29, 0.717) is 6.04 Å². The van der Waals surface area contributed by atoms with Gasteiger partial charge in [0.2, 0.25) is 0 Å². The third kappa shape index (κ3) is 3.12. The van der Waals surface area contributed by atoms with Gasteiger partial charge in [-0.2, -0.15) is 0 Å². The summed E-state index contributed by atoms with van der Waals surface area (Å²) in [6.07, 6.45) is 3.43. The van der Waals surface area contributed by atoms with Crippen molar-refractivity contribution in [2.75, 3.05) is 13.2 Å². The quantitative estimate of drug-likeness (QED) is 0.886. The van der Waals surface area contributed by atoms with Crippen LogP contribution in [0.2, 0.25) is 0 Å². The molecule has 1 aromatic carbocycles. The molecule has 0 unspecified atom stereocenters. The first kappa shape index (κ1) is 16.8. The summed E-state index contributed by atoms with van der Waals surface area (Å²) in [6, 6.07) is 14.5. The Morgan fingerprint density at radius 3 is 2.76 bits per heavy atom. The number of fused-ring (bicyclic) bond motifs is 1. The molecular weight excluding hydrogens is 332 g/mol. The van der Waals surface area contributed by atoms with Gasteiger partial charge in [0, 0.05) is 18.0 Å². The van der Waals surface area contributed by atoms with E-state index in [9.17, 15) is 9.90 Å². The first-order valence-electron chi connectivity index (χ1n) is 9.05. The highest BCUT2D eigenvalue weighted by molar-refractivity contribution is 7.12. The summed E-state index contributed by atoms with van der Waals surface area (Å²) in [7, 11) is 0. The molecule has 4 nitrogen and oxygen atoms in total. The summed E-state index contributed by atoms with van der Waals surface area (Å²) in [5, 5.41) is 15.4. The van der Waals surface area contributed by atoms with Crippen LogP contribution in [0.25, 0.3) is 0 Å². The second-order valence-corrected chi connectivity index (χ2v) is 7.91. The molecule has 3 heterocycles. The van der Waals surface area contributed by atoms with Crippen molar-refractivity contribution in [1.29, 1.82) is 0 Å². The fourth-order valence-corrected chi connectivity index (χ4v) is 5.23. The van der Waals surface area contributed by atoms with Gasteiger partial charge in [-0.25, -0.2) is 0 Å². The number of piperidine rings is 1. The zero-order chi connectivity index (χ0) is 17.2. The summed E-state index contributed by atoms with van der Waals surface area (Å²) in [4.78, 5) is 15.9. The van der Waals surface area contributed by atoms with Crippen LogP contribution in [0.4, 0.5) is 0 Å². The number of carbonyl (C=O) groups is 1. The molecule has 4 rings (SSSR count). The van der Waals surface area contributed by atoms with E-state index in [1.54, 1.807) is 0 Å². The molecule has 1 aromatic heterocycles. The van der Waals surface area contributed by atoms with Crippen LogP contribution in [0.15, 0.2) is 47.8 Å². The Morgan fingerprint density at radius 2 is 2.04 bits per heavy atom. The number of nitrogens with zero attached hydrogens (tertiary/aromatic N) is 1. The Kier molecular flexibility index (Phi) is 4.88. The van der Waals surface area contributed by atoms with Crippen molar-refractivity contribution in [1.82, 2.24) is 10.2 Å². The van der Waals surface area contributed by atoms with E-state index < -0.39 is 0 Å². The number of amides is 1. The van der Waals surface area contributed by atoms with Crippen LogP contribution in [0.5, 0.6) is 0 Å². The molecular formula is C20H24N2O2S. The number of benzene rings is 1. The predicted octanol–water partition coefficient (Wildman–Crippen LogP) is 2.86. The number of thiophene rings is 1. The van der Waals surface area contributed by atoms with Gasteiger partial charge in [-0.05, 0) is 36.4 Å². The van der Waals surface area contributed by atoms with Crippen molar-refractivity contribution in [3.8, 4) is 0 Å². The number of nitrogens with one attached hydrogen (secondary N) is 1. The molecule has 2 aliphatic heterocycles. The second-order valence-electron chi connectivity index (χ2n) is 6.96. The summed E-state index contributed by atoms with van der Waals surface area (Å²) >= 11 is 1.47. The van der Waals surface area contributed by atoms with Gasteiger partial charge in [0.25, 0.3) is 5.91 Å². The molecule has 0 aliphatic carbocycles. The van der Waals surface area contributed by atoms with Gasteiger partial charge < -0.3 is 10.4 Å². The van der Waals surface area contributed by atoms with Gasteiger partial charge in [-0.1, -0.05) is 42.8 Å². The van der Waals surface area contributed by atoms with E-state index in [-0.39, 0.29) is 30.5 Å². The second kappa shape index (κ2) is 7.28. The zero-order valence-corrected chi connectivity index (χ0v) is 15.0. The lowest BCUT2D eigenvalue weighted by Crippen LogP contribution is -2.48. The van der Waals surface area contributed by atoms with E-state index >= 15 is 0 Å². The molecule has 2 fully saturated rings. The number of hydrogen-bond acceptors (Lipinski definition) is 4. The minimum Gasteiger partial charge on any atom is -0.395 e. The topological polar surface area (TPSA) is 52.6 Å². The van der Waals surface area contributed by atoms with Gasteiger partial charge in [0.15, 0.2) is 0 Å². The highest BCUT2D eigenvalue weighted by Crippen LogP contribution is 2.41. The molecule has 2 N–H and O–H groups in total. The van der Waals surface area contributed by atoms with Crippen molar-refractivity contribution in [3.63, 3.8) is 0 Å². The molecule has 4 atom stereocenters. The lowest BCUT2D eigenvalue weighted by Gasteiger charge is -2.34. The average molecular weight is 356 g/mol. The minimum atomic E-state index is 0.00467. The number of rotatable bonds is 4. The van der Waals surface area contributed by atoms with Crippen molar-refractivity contribution < 1.29 is 9.90 Å². The Bertz CT molecular complexity index is 704. The van der Waals surface area contributed by atoms with Crippen LogP contribution in [-0.2, 0) is 0 Å². The molecule has 0 saturated carbocycles. The first-order valence-corrected chi connectivity index (χ1v) is 9.93. The molecule has 5 heteroatoms. The van der Waals surface area contributed by atoms with Crippen LogP contribution in [0.1, 0.15) is 40.4 Å². The monoisotopic (exact) mass is 356 g/mol. The van der Waals surface area contributed by atoms with Crippen LogP contribution < -0.4 is 5.32 Å². The van der Waals surface area contributed by atoms with Crippen LogP contribution in [-0.4, -0.2) is 47.2 Å². The highest BCUT2D eigenvalue weighted by Gasteiger charge is 2.50. The van der Waals surface area contributed by atoms with E-state index in [4.69, 9.17) is 0 Å². The lowest BCUT2D eigenvalue weighted by atomic mass is 9.85. The summed E-state index contributed by atoms with van der Waals surface area (Å²) in [5.74, 6) is 0.128. The maximum atomic E-state index is 12.7. The van der Waals surface area contributed by atoms with E-state index in [2.05, 4.69) is 22.3 Å². The van der Waals surface area contributed by atoms with Crippen LogP contribution >= 0.6 is 11.3 Å². The summed E-state index contributed by atoms with van der Waals surface area (Å²) in [6.45, 7) is 1.13. The maximum absolute atomic E-state index is 12.7. The summed E-state index contributed by atoms with van der Waals surface area (Å²) in [5.41, 5.74) is 1.20. The van der Waals surface area contributed by atoms with Gasteiger partial charge in [0.05, 0.1) is 17.5 Å². The van der Waals surface area contributed by atoms with Crippen molar-refractivity contribution in [2.45, 2.75) is 43.3 Å². The van der Waals surface area contributed by atoms with Gasteiger partial charge in [0.1, 0.15) is 0 Å². The number of aliphatic hydroxyl groups excluding tert-OH is 1. The molecule has 25 heavy (non-hydrogen) atoms. The molecule has 2 saturated heterocycles. The molecule has 2 aliphatic rings. The smallest absolute Gasteiger partial charge is 0.261 e. The van der Waals surface area contributed by atoms with Gasteiger partial charge >= 0.3 is 0 Å². The van der Waals surface area contributed by atoms with Gasteiger partial charge in [-0.15, -0.1) is 11.3 Å². The Hall–Kier alpha value is -1.69. The Labute approximate surface area is 152 Å². The van der Waals surface area contributed by atoms with Crippen LogP contribution in [0.3, 0.4) is 0 Å². The molecule has 132 valence electrons. The van der Waals surface area contributed by atoms with E-state index in [1.165, 1.54) is 29.7 Å². The Morgan fingerprint density at radius 1 is 1.20 bits per heavy atom. The minimum absolute atomic E-state index is 0.00467. The predicted molar refractivity (Wildman–Crippen MR) is 100.0 cm³/mol. The molecule has 0 radical (unpaired) electrons. The number of hydrogen-bond donors (Lipinski definition) is 2. The SMILES string of the molecule is O=C(N[C@@H]1[C@@H](c2ccccc2)[C@@H](CO)N2CCCC[C@H]12)c1cccs1. The normalized spacial score (nSPS) is 29.3. The maximum Gasteiger partial charge on any atom is 0.261 e. The molecule has 2 aromatic rings. The zero-order valence-electron chi connectivity index (χ0n) is 14.2. The highest BCUT2D eigenvalue weighted by atomic mass is 32.1. The lowest BCUT2D eigenvalue weighted by molar-refractivity contribution is 0.0879. The fourth-order valence-electron chi connectivity index (χ4n) is 4.60. The number of carbonyl (C=O) groups excluding carboxylic acids is 1.